The molecular formula is C26H27NO5S. The molecule has 3 rings (SSSR count). The molecule has 0 aliphatic heterocycles. The Balaban J connectivity index is 1.64. The van der Waals surface area contributed by atoms with Gasteiger partial charge in [-0.2, -0.15) is 0 Å². The lowest BCUT2D eigenvalue weighted by Gasteiger charge is -2.14. The summed E-state index contributed by atoms with van der Waals surface area (Å²) in [5.74, 6) is 0.672. The van der Waals surface area contributed by atoms with Crippen LogP contribution < -0.4 is 14.8 Å². The lowest BCUT2D eigenvalue weighted by atomic mass is 10.1. The fourth-order valence-corrected chi connectivity index (χ4v) is 4.13. The summed E-state index contributed by atoms with van der Waals surface area (Å²) in [6.45, 7) is 2.50. The zero-order chi connectivity index (χ0) is 23.6. The van der Waals surface area contributed by atoms with E-state index in [0.717, 1.165) is 16.0 Å². The summed E-state index contributed by atoms with van der Waals surface area (Å²) in [4.78, 5) is 25.3. The second kappa shape index (κ2) is 12.0. The standard InChI is InChI=1S/C26H27NO5S/c1-18(26(29)31-3)33-24-12-8-7-11-21(24)25(28)27-16-20-13-14-22(23(15-20)30-2)32-17-19-9-5-4-6-10-19/h4-15,18H,16-17H2,1-3H3,(H,27,28). The maximum Gasteiger partial charge on any atom is 0.318 e. The van der Waals surface area contributed by atoms with Crippen LogP contribution in [0.15, 0.2) is 77.7 Å². The van der Waals surface area contributed by atoms with Gasteiger partial charge in [-0.05, 0) is 42.3 Å². The average molecular weight is 466 g/mol. The summed E-state index contributed by atoms with van der Waals surface area (Å²) in [5.41, 5.74) is 2.45. The zero-order valence-electron chi connectivity index (χ0n) is 18.9. The van der Waals surface area contributed by atoms with E-state index in [2.05, 4.69) is 5.32 Å². The minimum atomic E-state index is -0.420. The molecule has 1 amide bonds. The number of carbonyl (C=O) groups excluding carboxylic acids is 2. The molecule has 0 saturated heterocycles. The van der Waals surface area contributed by atoms with Gasteiger partial charge in [0.05, 0.1) is 19.8 Å². The quantitative estimate of drug-likeness (QED) is 0.341. The van der Waals surface area contributed by atoms with Gasteiger partial charge in [-0.3, -0.25) is 9.59 Å². The minimum Gasteiger partial charge on any atom is -0.493 e. The van der Waals surface area contributed by atoms with Gasteiger partial charge in [-0.25, -0.2) is 0 Å². The first-order valence-electron chi connectivity index (χ1n) is 10.5. The molecule has 0 aliphatic rings. The van der Waals surface area contributed by atoms with Crippen LogP contribution in [0.1, 0.15) is 28.4 Å². The third-order valence-electron chi connectivity index (χ3n) is 4.89. The first-order valence-corrected chi connectivity index (χ1v) is 11.3. The van der Waals surface area contributed by atoms with Crippen molar-refractivity contribution in [3.8, 4) is 11.5 Å². The van der Waals surface area contributed by atoms with E-state index >= 15 is 0 Å². The molecule has 1 N–H and O–H groups in total. The van der Waals surface area contributed by atoms with Gasteiger partial charge in [0.25, 0.3) is 5.91 Å². The van der Waals surface area contributed by atoms with Crippen molar-refractivity contribution >= 4 is 23.6 Å². The van der Waals surface area contributed by atoms with Crippen molar-refractivity contribution in [2.45, 2.75) is 30.2 Å². The summed E-state index contributed by atoms with van der Waals surface area (Å²) in [6, 6.07) is 22.7. The number of benzene rings is 3. The first-order chi connectivity index (χ1) is 16.0. The molecule has 3 aromatic carbocycles. The van der Waals surface area contributed by atoms with Crippen molar-refractivity contribution in [3.05, 3.63) is 89.5 Å². The molecule has 0 spiro atoms. The van der Waals surface area contributed by atoms with E-state index in [9.17, 15) is 9.59 Å². The van der Waals surface area contributed by atoms with E-state index in [1.165, 1.54) is 18.9 Å². The number of thioether (sulfide) groups is 1. The molecule has 0 saturated carbocycles. The fourth-order valence-electron chi connectivity index (χ4n) is 3.12. The van der Waals surface area contributed by atoms with Gasteiger partial charge in [0, 0.05) is 11.4 Å². The van der Waals surface area contributed by atoms with Crippen molar-refractivity contribution in [2.75, 3.05) is 14.2 Å². The molecule has 0 bridgehead atoms. The number of methoxy groups -OCH3 is 2. The van der Waals surface area contributed by atoms with E-state index in [0.29, 0.717) is 30.2 Å². The van der Waals surface area contributed by atoms with E-state index < -0.39 is 5.25 Å². The van der Waals surface area contributed by atoms with Gasteiger partial charge in [-0.15, -0.1) is 11.8 Å². The molecule has 7 heteroatoms. The molecule has 0 heterocycles. The predicted octanol–water partition coefficient (Wildman–Crippen LogP) is 4.86. The number of carbonyl (C=O) groups is 2. The third-order valence-corrected chi connectivity index (χ3v) is 6.04. The Morgan fingerprint density at radius 2 is 1.64 bits per heavy atom. The SMILES string of the molecule is COC(=O)C(C)Sc1ccccc1C(=O)NCc1ccc(OCc2ccccc2)c(OC)c1. The van der Waals surface area contributed by atoms with E-state index in [4.69, 9.17) is 14.2 Å². The molecule has 1 atom stereocenters. The molecule has 1 unspecified atom stereocenters. The van der Waals surface area contributed by atoms with Crippen molar-refractivity contribution < 1.29 is 23.8 Å². The molecule has 0 radical (unpaired) electrons. The van der Waals surface area contributed by atoms with Gasteiger partial charge in [0.1, 0.15) is 11.9 Å². The third kappa shape index (κ3) is 6.76. The maximum atomic E-state index is 12.8. The van der Waals surface area contributed by atoms with Crippen molar-refractivity contribution in [1.29, 1.82) is 0 Å². The van der Waals surface area contributed by atoms with Gasteiger partial charge in [-0.1, -0.05) is 48.5 Å². The highest BCUT2D eigenvalue weighted by molar-refractivity contribution is 8.00. The summed E-state index contributed by atoms with van der Waals surface area (Å²) in [6.07, 6.45) is 0. The number of nitrogens with one attached hydrogen (secondary N) is 1. The molecule has 172 valence electrons. The van der Waals surface area contributed by atoms with Crippen LogP contribution in [-0.4, -0.2) is 31.3 Å². The first kappa shape index (κ1) is 24.2. The summed E-state index contributed by atoms with van der Waals surface area (Å²) in [5, 5.41) is 2.52. The number of hydrogen-bond acceptors (Lipinski definition) is 6. The number of rotatable bonds is 10. The van der Waals surface area contributed by atoms with Crippen LogP contribution in [0, 0.1) is 0 Å². The highest BCUT2D eigenvalue weighted by Gasteiger charge is 2.19. The summed E-state index contributed by atoms with van der Waals surface area (Å²) in [7, 11) is 2.94. The molecular weight excluding hydrogens is 438 g/mol. The van der Waals surface area contributed by atoms with Crippen LogP contribution in [0.4, 0.5) is 0 Å². The average Bonchev–Trinajstić information content (AvgIpc) is 2.86. The lowest BCUT2D eigenvalue weighted by molar-refractivity contribution is -0.139. The molecule has 0 aliphatic carbocycles. The van der Waals surface area contributed by atoms with Crippen LogP contribution in [0.2, 0.25) is 0 Å². The molecule has 3 aromatic rings. The highest BCUT2D eigenvalue weighted by atomic mass is 32.2. The second-order valence-electron chi connectivity index (χ2n) is 7.22. The van der Waals surface area contributed by atoms with Crippen LogP contribution in [0.25, 0.3) is 0 Å². The summed E-state index contributed by atoms with van der Waals surface area (Å²) >= 11 is 1.29. The van der Waals surface area contributed by atoms with Crippen molar-refractivity contribution in [3.63, 3.8) is 0 Å². The zero-order valence-corrected chi connectivity index (χ0v) is 19.7. The van der Waals surface area contributed by atoms with Crippen LogP contribution in [0.3, 0.4) is 0 Å². The highest BCUT2D eigenvalue weighted by Crippen LogP contribution is 2.30. The second-order valence-corrected chi connectivity index (χ2v) is 8.60. The molecule has 6 nitrogen and oxygen atoms in total. The Morgan fingerprint density at radius 1 is 0.909 bits per heavy atom. The largest absolute Gasteiger partial charge is 0.493 e. The van der Waals surface area contributed by atoms with Gasteiger partial charge < -0.3 is 19.5 Å². The molecule has 0 aromatic heterocycles. The van der Waals surface area contributed by atoms with E-state index in [-0.39, 0.29) is 11.9 Å². The Bertz CT molecular complexity index is 1090. The smallest absolute Gasteiger partial charge is 0.318 e. The molecule has 33 heavy (non-hydrogen) atoms. The Morgan fingerprint density at radius 3 is 2.36 bits per heavy atom. The maximum absolute atomic E-state index is 12.8. The van der Waals surface area contributed by atoms with Crippen LogP contribution in [-0.2, 0) is 22.7 Å². The van der Waals surface area contributed by atoms with Crippen molar-refractivity contribution in [1.82, 2.24) is 5.32 Å². The lowest BCUT2D eigenvalue weighted by Crippen LogP contribution is -2.24. The number of hydrogen-bond donors (Lipinski definition) is 1. The number of amides is 1. The van der Waals surface area contributed by atoms with E-state index in [1.54, 1.807) is 26.2 Å². The Kier molecular flexibility index (Phi) is 8.78. The van der Waals surface area contributed by atoms with Crippen molar-refractivity contribution in [2.24, 2.45) is 0 Å². The Labute approximate surface area is 198 Å². The van der Waals surface area contributed by atoms with Crippen LogP contribution in [0.5, 0.6) is 11.5 Å². The van der Waals surface area contributed by atoms with Gasteiger partial charge in [0.2, 0.25) is 0 Å². The topological polar surface area (TPSA) is 73.9 Å². The predicted molar refractivity (Wildman–Crippen MR) is 129 cm³/mol. The summed E-state index contributed by atoms with van der Waals surface area (Å²) < 4.78 is 16.2. The van der Waals surface area contributed by atoms with Gasteiger partial charge >= 0.3 is 5.97 Å². The van der Waals surface area contributed by atoms with E-state index in [1.807, 2.05) is 60.7 Å². The monoisotopic (exact) mass is 465 g/mol. The van der Waals surface area contributed by atoms with Gasteiger partial charge in [0.15, 0.2) is 11.5 Å². The van der Waals surface area contributed by atoms with Crippen LogP contribution >= 0.6 is 11.8 Å². The fraction of sp³-hybridized carbons (Fsp3) is 0.231. The number of ether oxygens (including phenoxy) is 3. The molecule has 0 fully saturated rings. The Hall–Kier alpha value is -3.45. The number of esters is 1. The minimum absolute atomic E-state index is 0.224. The normalized spacial score (nSPS) is 11.4.